The van der Waals surface area contributed by atoms with Gasteiger partial charge in [-0.25, -0.2) is 4.98 Å². The highest BCUT2D eigenvalue weighted by Gasteiger charge is 2.20. The third-order valence-corrected chi connectivity index (χ3v) is 6.79. The van der Waals surface area contributed by atoms with Gasteiger partial charge in [-0.1, -0.05) is 54.1 Å². The predicted octanol–water partition coefficient (Wildman–Crippen LogP) is 4.34. The highest BCUT2D eigenvalue weighted by atomic mass is 35.5. The van der Waals surface area contributed by atoms with Gasteiger partial charge in [-0.3, -0.25) is 9.59 Å². The maximum atomic E-state index is 13.3. The first-order chi connectivity index (χ1) is 17.5. The van der Waals surface area contributed by atoms with Gasteiger partial charge in [0.05, 0.1) is 11.0 Å². The molecule has 0 aliphatic carbocycles. The summed E-state index contributed by atoms with van der Waals surface area (Å²) in [6.07, 6.45) is 0. The molecule has 1 N–H and O–H groups in total. The van der Waals surface area contributed by atoms with Crippen LogP contribution in [0.15, 0.2) is 72.8 Å². The fourth-order valence-electron chi connectivity index (χ4n) is 4.60. The van der Waals surface area contributed by atoms with Crippen LogP contribution in [0.2, 0.25) is 5.02 Å². The molecule has 0 unspecified atom stereocenters. The van der Waals surface area contributed by atoms with Gasteiger partial charge in [0.1, 0.15) is 0 Å². The number of nitrogens with one attached hydrogen (secondary N) is 1. The maximum absolute atomic E-state index is 13.3. The molecule has 0 spiro atoms. The first-order valence-corrected chi connectivity index (χ1v) is 12.4. The molecule has 8 heteroatoms. The number of carbonyl (C=O) groups is 2. The largest absolute Gasteiger partial charge is 0.368 e. The Labute approximate surface area is 215 Å². The van der Waals surface area contributed by atoms with Crippen molar-refractivity contribution in [2.45, 2.75) is 20.0 Å². The van der Waals surface area contributed by atoms with E-state index in [0.29, 0.717) is 23.9 Å². The van der Waals surface area contributed by atoms with Crippen LogP contribution >= 0.6 is 11.6 Å². The smallest absolute Gasteiger partial charge is 0.287 e. The van der Waals surface area contributed by atoms with Gasteiger partial charge in [-0.15, -0.1) is 0 Å². The molecular weight excluding hydrogens is 474 g/mol. The van der Waals surface area contributed by atoms with E-state index in [1.165, 1.54) is 0 Å². The van der Waals surface area contributed by atoms with Crippen LogP contribution in [0.4, 0.5) is 5.69 Å². The quantitative estimate of drug-likeness (QED) is 0.427. The molecule has 184 valence electrons. The molecule has 1 aliphatic heterocycles. The Morgan fingerprint density at radius 3 is 2.42 bits per heavy atom. The van der Waals surface area contributed by atoms with E-state index in [1.54, 1.807) is 13.0 Å². The minimum absolute atomic E-state index is 0.117. The van der Waals surface area contributed by atoms with Gasteiger partial charge in [-0.05, 0) is 41.5 Å². The summed E-state index contributed by atoms with van der Waals surface area (Å²) in [6, 6.07) is 23.6. The summed E-state index contributed by atoms with van der Waals surface area (Å²) in [6.45, 7) is 5.54. The molecule has 1 fully saturated rings. The fraction of sp³-hybridized carbons (Fsp3) is 0.250. The molecule has 0 atom stereocenters. The lowest BCUT2D eigenvalue weighted by Gasteiger charge is -2.35. The predicted molar refractivity (Wildman–Crippen MR) is 142 cm³/mol. The molecule has 36 heavy (non-hydrogen) atoms. The van der Waals surface area contributed by atoms with Gasteiger partial charge in [0.25, 0.3) is 5.91 Å². The van der Waals surface area contributed by atoms with Crippen molar-refractivity contribution in [3.63, 3.8) is 0 Å². The van der Waals surface area contributed by atoms with Crippen LogP contribution in [-0.2, 0) is 17.9 Å². The molecule has 0 bridgehead atoms. The van der Waals surface area contributed by atoms with E-state index in [9.17, 15) is 9.59 Å². The molecule has 1 aromatic heterocycles. The average molecular weight is 502 g/mol. The number of rotatable bonds is 6. The summed E-state index contributed by atoms with van der Waals surface area (Å²) in [5.74, 6) is 0.234. The van der Waals surface area contributed by atoms with E-state index in [-0.39, 0.29) is 11.8 Å². The Morgan fingerprint density at radius 1 is 0.917 bits per heavy atom. The highest BCUT2D eigenvalue weighted by molar-refractivity contribution is 6.31. The van der Waals surface area contributed by atoms with Crippen molar-refractivity contribution in [3.8, 4) is 0 Å². The molecule has 7 nitrogen and oxygen atoms in total. The van der Waals surface area contributed by atoms with Crippen LogP contribution in [-0.4, -0.2) is 52.4 Å². The zero-order chi connectivity index (χ0) is 25.1. The van der Waals surface area contributed by atoms with Crippen molar-refractivity contribution < 1.29 is 9.59 Å². The third kappa shape index (κ3) is 5.21. The summed E-state index contributed by atoms with van der Waals surface area (Å²) < 4.78 is 1.91. The number of fused-ring (bicyclic) bond motifs is 1. The van der Waals surface area contributed by atoms with Crippen molar-refractivity contribution in [2.75, 3.05) is 31.1 Å². The van der Waals surface area contributed by atoms with Gasteiger partial charge in [0, 0.05) is 56.9 Å². The third-order valence-electron chi connectivity index (χ3n) is 6.55. The van der Waals surface area contributed by atoms with E-state index in [2.05, 4.69) is 27.3 Å². The first-order valence-electron chi connectivity index (χ1n) is 12.1. The lowest BCUT2D eigenvalue weighted by molar-refractivity contribution is -0.129. The molecule has 0 saturated carbocycles. The Morgan fingerprint density at radius 2 is 1.67 bits per heavy atom. The van der Waals surface area contributed by atoms with Crippen molar-refractivity contribution >= 4 is 40.1 Å². The van der Waals surface area contributed by atoms with Crippen molar-refractivity contribution in [1.29, 1.82) is 0 Å². The van der Waals surface area contributed by atoms with Crippen molar-refractivity contribution in [3.05, 3.63) is 94.8 Å². The molecule has 0 radical (unpaired) electrons. The Kier molecular flexibility index (Phi) is 6.91. The van der Waals surface area contributed by atoms with Crippen molar-refractivity contribution in [2.24, 2.45) is 0 Å². The highest BCUT2D eigenvalue weighted by Crippen LogP contribution is 2.23. The number of amides is 2. The summed E-state index contributed by atoms with van der Waals surface area (Å²) in [5, 5.41) is 3.64. The summed E-state index contributed by atoms with van der Waals surface area (Å²) >= 11 is 6.26. The summed E-state index contributed by atoms with van der Waals surface area (Å²) in [4.78, 5) is 33.7. The number of halogens is 1. The lowest BCUT2D eigenvalue weighted by atomic mass is 10.1. The van der Waals surface area contributed by atoms with Crippen LogP contribution in [0.1, 0.15) is 28.7 Å². The van der Waals surface area contributed by atoms with E-state index in [1.807, 2.05) is 64.1 Å². The Bertz CT molecular complexity index is 1390. The second-order valence-electron chi connectivity index (χ2n) is 8.99. The number of imidazole rings is 1. The fourth-order valence-corrected chi connectivity index (χ4v) is 4.77. The maximum Gasteiger partial charge on any atom is 0.287 e. The van der Waals surface area contributed by atoms with Gasteiger partial charge in [0.15, 0.2) is 5.82 Å². The van der Waals surface area contributed by atoms with E-state index < -0.39 is 0 Å². The van der Waals surface area contributed by atoms with Gasteiger partial charge in [0.2, 0.25) is 5.91 Å². The normalized spacial score (nSPS) is 13.7. The van der Waals surface area contributed by atoms with Gasteiger partial charge < -0.3 is 19.7 Å². The summed E-state index contributed by atoms with van der Waals surface area (Å²) in [5.41, 5.74) is 4.72. The molecule has 1 saturated heterocycles. The van der Waals surface area contributed by atoms with Crippen LogP contribution in [0, 0.1) is 0 Å². The van der Waals surface area contributed by atoms with E-state index in [0.717, 1.165) is 54.0 Å². The number of piperazine rings is 1. The van der Waals surface area contributed by atoms with Crippen LogP contribution in [0.5, 0.6) is 0 Å². The monoisotopic (exact) mass is 501 g/mol. The summed E-state index contributed by atoms with van der Waals surface area (Å²) in [7, 11) is 0. The zero-order valence-corrected chi connectivity index (χ0v) is 20.9. The Hall–Kier alpha value is -3.84. The van der Waals surface area contributed by atoms with Crippen LogP contribution in [0.3, 0.4) is 0 Å². The number of hydrogen-bond donors (Lipinski definition) is 1. The number of hydrogen-bond acceptors (Lipinski definition) is 4. The van der Waals surface area contributed by atoms with Gasteiger partial charge >= 0.3 is 0 Å². The first kappa shape index (κ1) is 23.9. The number of carbonyl (C=O) groups excluding carboxylic acids is 2. The number of benzene rings is 3. The SMILES string of the molecule is CC(=O)N1CCN(c2cccc(CNC(=O)c3nc4ccc(Cl)cc4n3Cc3ccccc3)c2)CC1. The minimum atomic E-state index is -0.237. The average Bonchev–Trinajstić information content (AvgIpc) is 3.25. The molecule has 2 amide bonds. The standard InChI is InChI=1S/C28H28ClN5O2/c1-20(35)32-12-14-33(15-13-32)24-9-5-8-22(16-24)18-30-28(36)27-31-25-11-10-23(29)17-26(25)34(27)19-21-6-3-2-4-7-21/h2-11,16-17H,12-15,18-19H2,1H3,(H,30,36). The van der Waals surface area contributed by atoms with E-state index >= 15 is 0 Å². The molecule has 1 aliphatic rings. The molecule has 4 aromatic rings. The molecule has 5 rings (SSSR count). The van der Waals surface area contributed by atoms with E-state index in [4.69, 9.17) is 11.6 Å². The minimum Gasteiger partial charge on any atom is -0.368 e. The number of aromatic nitrogens is 2. The molecular formula is C28H28ClN5O2. The van der Waals surface area contributed by atoms with Crippen LogP contribution in [0.25, 0.3) is 11.0 Å². The second-order valence-corrected chi connectivity index (χ2v) is 9.42. The number of nitrogens with zero attached hydrogens (tertiary/aromatic N) is 4. The second kappa shape index (κ2) is 10.4. The molecule has 2 heterocycles. The van der Waals surface area contributed by atoms with Gasteiger partial charge in [-0.2, -0.15) is 0 Å². The molecule has 3 aromatic carbocycles. The van der Waals surface area contributed by atoms with Crippen molar-refractivity contribution in [1.82, 2.24) is 19.8 Å². The zero-order valence-electron chi connectivity index (χ0n) is 20.2. The Balaban J connectivity index is 1.32. The van der Waals surface area contributed by atoms with Crippen LogP contribution < -0.4 is 10.2 Å². The number of anilines is 1. The topological polar surface area (TPSA) is 70.5 Å². The lowest BCUT2D eigenvalue weighted by Crippen LogP contribution is -2.48.